The van der Waals surface area contributed by atoms with Gasteiger partial charge in [-0.2, -0.15) is 10.2 Å². The van der Waals surface area contributed by atoms with Crippen molar-refractivity contribution in [3.05, 3.63) is 101 Å². The Morgan fingerprint density at radius 2 is 1.70 bits per heavy atom. The summed E-state index contributed by atoms with van der Waals surface area (Å²) in [5, 5.41) is 8.84. The largest absolute Gasteiger partial charge is 0.497 e. The average molecular weight is 439 g/mol. The van der Waals surface area contributed by atoms with Crippen LogP contribution in [0.15, 0.2) is 84.0 Å². The molecule has 168 valence electrons. The number of aryl methyl sites for hydroxylation is 2. The van der Waals surface area contributed by atoms with Crippen molar-refractivity contribution in [1.29, 1.82) is 0 Å². The molecule has 0 spiro atoms. The van der Waals surface area contributed by atoms with Gasteiger partial charge in [0.2, 0.25) is 0 Å². The lowest BCUT2D eigenvalue weighted by Crippen LogP contribution is -2.12. The number of methoxy groups -OCH3 is 1. The SMILES string of the molecule is COc1ccc(-n2nc(CC(/C=N/N)Cc3cccc(C)c3)cc2-c2ccc(C)cc2)cc1. The third-order valence-electron chi connectivity index (χ3n) is 5.77. The Balaban J connectivity index is 1.69. The van der Waals surface area contributed by atoms with Crippen molar-refractivity contribution in [2.24, 2.45) is 16.9 Å². The number of aromatic nitrogens is 2. The van der Waals surface area contributed by atoms with Crippen LogP contribution in [0.1, 0.15) is 22.4 Å². The molecule has 0 bridgehead atoms. The molecule has 5 nitrogen and oxygen atoms in total. The third-order valence-corrected chi connectivity index (χ3v) is 5.77. The Hall–Kier alpha value is -3.86. The molecule has 1 heterocycles. The molecule has 1 aromatic heterocycles. The van der Waals surface area contributed by atoms with Crippen LogP contribution >= 0.6 is 0 Å². The summed E-state index contributed by atoms with van der Waals surface area (Å²) in [4.78, 5) is 0. The first kappa shape index (κ1) is 22.3. The maximum Gasteiger partial charge on any atom is 0.119 e. The van der Waals surface area contributed by atoms with Gasteiger partial charge in [0.25, 0.3) is 0 Å². The van der Waals surface area contributed by atoms with Gasteiger partial charge >= 0.3 is 0 Å². The van der Waals surface area contributed by atoms with E-state index >= 15 is 0 Å². The minimum absolute atomic E-state index is 0.155. The summed E-state index contributed by atoms with van der Waals surface area (Å²) in [6.07, 6.45) is 3.44. The van der Waals surface area contributed by atoms with E-state index in [0.717, 1.165) is 41.2 Å². The molecule has 0 saturated carbocycles. The predicted molar refractivity (Wildman–Crippen MR) is 135 cm³/mol. The summed E-state index contributed by atoms with van der Waals surface area (Å²) in [6.45, 7) is 4.21. The van der Waals surface area contributed by atoms with E-state index in [2.05, 4.69) is 73.5 Å². The number of hydrazone groups is 1. The predicted octanol–water partition coefficient (Wildman–Crippen LogP) is 5.51. The van der Waals surface area contributed by atoms with Crippen LogP contribution in [0.5, 0.6) is 5.75 Å². The zero-order valence-corrected chi connectivity index (χ0v) is 19.4. The smallest absolute Gasteiger partial charge is 0.119 e. The van der Waals surface area contributed by atoms with E-state index in [-0.39, 0.29) is 5.92 Å². The highest BCUT2D eigenvalue weighted by atomic mass is 16.5. The fourth-order valence-corrected chi connectivity index (χ4v) is 4.09. The monoisotopic (exact) mass is 438 g/mol. The molecular weight excluding hydrogens is 408 g/mol. The van der Waals surface area contributed by atoms with Crippen LogP contribution in [0.4, 0.5) is 0 Å². The third kappa shape index (κ3) is 5.50. The van der Waals surface area contributed by atoms with Gasteiger partial charge in [0.15, 0.2) is 0 Å². The van der Waals surface area contributed by atoms with Gasteiger partial charge in [-0.05, 0) is 62.6 Å². The molecule has 0 fully saturated rings. The maximum absolute atomic E-state index is 5.56. The number of nitrogens with two attached hydrogens (primary N) is 1. The van der Waals surface area contributed by atoms with Crippen LogP contribution in [-0.4, -0.2) is 23.1 Å². The number of hydrogen-bond donors (Lipinski definition) is 1. The number of rotatable bonds is 8. The lowest BCUT2D eigenvalue weighted by Gasteiger charge is -2.11. The van der Waals surface area contributed by atoms with Gasteiger partial charge in [-0.25, -0.2) is 4.68 Å². The molecule has 0 amide bonds. The summed E-state index contributed by atoms with van der Waals surface area (Å²) in [5.74, 6) is 6.53. The maximum atomic E-state index is 5.56. The van der Waals surface area contributed by atoms with Crippen molar-refractivity contribution in [1.82, 2.24) is 9.78 Å². The van der Waals surface area contributed by atoms with E-state index in [4.69, 9.17) is 15.7 Å². The molecule has 0 aliphatic rings. The van der Waals surface area contributed by atoms with E-state index in [0.29, 0.717) is 0 Å². The zero-order valence-electron chi connectivity index (χ0n) is 19.4. The van der Waals surface area contributed by atoms with Gasteiger partial charge in [0.05, 0.1) is 24.2 Å². The molecule has 0 radical (unpaired) electrons. The second-order valence-corrected chi connectivity index (χ2v) is 8.45. The highest BCUT2D eigenvalue weighted by Gasteiger charge is 2.16. The number of benzene rings is 3. The number of nitrogens with zero attached hydrogens (tertiary/aromatic N) is 3. The molecule has 1 atom stereocenters. The van der Waals surface area contributed by atoms with Gasteiger partial charge in [-0.15, -0.1) is 0 Å². The number of hydrogen-bond acceptors (Lipinski definition) is 4. The molecule has 0 aliphatic heterocycles. The fraction of sp³-hybridized carbons (Fsp3) is 0.214. The van der Waals surface area contributed by atoms with E-state index < -0.39 is 0 Å². The molecule has 4 rings (SSSR count). The van der Waals surface area contributed by atoms with E-state index in [1.54, 1.807) is 7.11 Å². The minimum atomic E-state index is 0.155. The van der Waals surface area contributed by atoms with Crippen molar-refractivity contribution in [3.8, 4) is 22.7 Å². The van der Waals surface area contributed by atoms with E-state index in [9.17, 15) is 0 Å². The van der Waals surface area contributed by atoms with Gasteiger partial charge in [0.1, 0.15) is 5.75 Å². The Bertz CT molecular complexity index is 1220. The van der Waals surface area contributed by atoms with Gasteiger partial charge in [-0.3, -0.25) is 0 Å². The molecule has 3 aromatic carbocycles. The lowest BCUT2D eigenvalue weighted by atomic mass is 9.95. The van der Waals surface area contributed by atoms with Crippen molar-refractivity contribution < 1.29 is 4.74 Å². The molecule has 0 aliphatic carbocycles. The van der Waals surface area contributed by atoms with Gasteiger partial charge in [-0.1, -0.05) is 59.7 Å². The first-order chi connectivity index (χ1) is 16.1. The Labute approximate surface area is 195 Å². The van der Waals surface area contributed by atoms with Crippen LogP contribution in [-0.2, 0) is 12.8 Å². The lowest BCUT2D eigenvalue weighted by molar-refractivity contribution is 0.414. The summed E-state index contributed by atoms with van der Waals surface area (Å²) in [7, 11) is 1.67. The van der Waals surface area contributed by atoms with Crippen LogP contribution in [0.25, 0.3) is 16.9 Å². The highest BCUT2D eigenvalue weighted by Crippen LogP contribution is 2.27. The normalized spacial score (nSPS) is 12.2. The first-order valence-corrected chi connectivity index (χ1v) is 11.1. The summed E-state index contributed by atoms with van der Waals surface area (Å²) in [6, 6.07) is 27.2. The van der Waals surface area contributed by atoms with Gasteiger partial charge < -0.3 is 10.6 Å². The molecule has 33 heavy (non-hydrogen) atoms. The van der Waals surface area contributed by atoms with Crippen molar-refractivity contribution in [2.45, 2.75) is 26.7 Å². The topological polar surface area (TPSA) is 65.4 Å². The number of ether oxygens (including phenoxy) is 1. The molecule has 1 unspecified atom stereocenters. The Kier molecular flexibility index (Phi) is 6.89. The fourth-order valence-electron chi connectivity index (χ4n) is 4.09. The summed E-state index contributed by atoms with van der Waals surface area (Å²) in [5.41, 5.74) is 7.91. The Morgan fingerprint density at radius 3 is 2.36 bits per heavy atom. The Morgan fingerprint density at radius 1 is 0.939 bits per heavy atom. The molecular formula is C28H30N4O. The summed E-state index contributed by atoms with van der Waals surface area (Å²) < 4.78 is 7.33. The van der Waals surface area contributed by atoms with Crippen LogP contribution in [0.2, 0.25) is 0 Å². The van der Waals surface area contributed by atoms with E-state index in [1.807, 2.05) is 35.2 Å². The van der Waals surface area contributed by atoms with Crippen molar-refractivity contribution in [2.75, 3.05) is 7.11 Å². The second kappa shape index (κ2) is 10.2. The minimum Gasteiger partial charge on any atom is -0.497 e. The second-order valence-electron chi connectivity index (χ2n) is 8.45. The van der Waals surface area contributed by atoms with Crippen LogP contribution in [0, 0.1) is 19.8 Å². The van der Waals surface area contributed by atoms with Crippen molar-refractivity contribution >= 4 is 6.21 Å². The van der Waals surface area contributed by atoms with Crippen molar-refractivity contribution in [3.63, 3.8) is 0 Å². The molecule has 4 aromatic rings. The first-order valence-electron chi connectivity index (χ1n) is 11.1. The van der Waals surface area contributed by atoms with Crippen LogP contribution in [0.3, 0.4) is 0 Å². The highest BCUT2D eigenvalue weighted by molar-refractivity contribution is 5.65. The quantitative estimate of drug-likeness (QED) is 0.224. The average Bonchev–Trinajstić information content (AvgIpc) is 3.23. The standard InChI is InChI=1S/C28H30N4O/c1-20-7-9-24(10-8-20)28-18-25(31-32(28)26-11-13-27(33-3)14-12-26)17-23(19-30-29)16-22-6-4-5-21(2)15-22/h4-15,18-19,23H,16-17,29H2,1-3H3/b30-19+. The molecule has 2 N–H and O–H groups in total. The molecule has 0 saturated heterocycles. The van der Waals surface area contributed by atoms with E-state index in [1.165, 1.54) is 16.7 Å². The zero-order chi connectivity index (χ0) is 23.2. The molecule has 5 heteroatoms. The summed E-state index contributed by atoms with van der Waals surface area (Å²) >= 11 is 0. The van der Waals surface area contributed by atoms with Crippen LogP contribution < -0.4 is 10.6 Å². The van der Waals surface area contributed by atoms with Gasteiger partial charge in [0, 0.05) is 17.7 Å².